The van der Waals surface area contributed by atoms with Crippen LogP contribution < -0.4 is 5.32 Å². The molecule has 0 fully saturated rings. The van der Waals surface area contributed by atoms with Gasteiger partial charge in [-0.2, -0.15) is 0 Å². The Labute approximate surface area is 65.2 Å². The van der Waals surface area contributed by atoms with Gasteiger partial charge < -0.3 is 5.32 Å². The van der Waals surface area contributed by atoms with E-state index in [0.29, 0.717) is 0 Å². The average Bonchev–Trinajstić information content (AvgIpc) is 2.34. The van der Waals surface area contributed by atoms with Crippen molar-refractivity contribution < 1.29 is 4.39 Å². The molecule has 0 radical (unpaired) electrons. The Kier molecular flexibility index (Phi) is 1.43. The van der Waals surface area contributed by atoms with Crippen molar-refractivity contribution in [3.63, 3.8) is 0 Å². The van der Waals surface area contributed by atoms with Crippen molar-refractivity contribution in [2.24, 2.45) is 0 Å². The van der Waals surface area contributed by atoms with E-state index in [2.05, 4.69) is 5.32 Å². The summed E-state index contributed by atoms with van der Waals surface area (Å²) in [5.41, 5.74) is 3.44. The summed E-state index contributed by atoms with van der Waals surface area (Å²) >= 11 is 0. The summed E-state index contributed by atoms with van der Waals surface area (Å²) in [7, 11) is 0. The zero-order chi connectivity index (χ0) is 7.84. The van der Waals surface area contributed by atoms with Crippen LogP contribution in [-0.2, 0) is 13.1 Å². The number of aryl methyl sites for hydroxylation is 1. The molecule has 11 heavy (non-hydrogen) atoms. The molecule has 1 aliphatic rings. The van der Waals surface area contributed by atoms with Crippen molar-refractivity contribution in [1.82, 2.24) is 5.32 Å². The lowest BCUT2D eigenvalue weighted by molar-refractivity contribution is 0.624. The van der Waals surface area contributed by atoms with Gasteiger partial charge in [0.2, 0.25) is 0 Å². The van der Waals surface area contributed by atoms with Gasteiger partial charge >= 0.3 is 0 Å². The first kappa shape index (κ1) is 6.80. The third-order valence-electron chi connectivity index (χ3n) is 2.15. The van der Waals surface area contributed by atoms with Crippen LogP contribution in [0.1, 0.15) is 16.7 Å². The van der Waals surface area contributed by atoms with E-state index in [-0.39, 0.29) is 5.82 Å². The number of rotatable bonds is 0. The normalized spacial score (nSPS) is 15.1. The number of nitrogens with one attached hydrogen (secondary N) is 1. The zero-order valence-corrected chi connectivity index (χ0v) is 6.45. The Hall–Kier alpha value is -0.890. The van der Waals surface area contributed by atoms with Crippen molar-refractivity contribution in [2.45, 2.75) is 20.0 Å². The second kappa shape index (κ2) is 2.31. The molecule has 0 bridgehead atoms. The fraction of sp³-hybridized carbons (Fsp3) is 0.333. The molecule has 0 atom stereocenters. The number of benzene rings is 1. The number of halogens is 1. The van der Waals surface area contributed by atoms with Gasteiger partial charge in [0, 0.05) is 13.1 Å². The van der Waals surface area contributed by atoms with Gasteiger partial charge in [-0.3, -0.25) is 0 Å². The van der Waals surface area contributed by atoms with Gasteiger partial charge in [-0.1, -0.05) is 0 Å². The molecule has 1 N–H and O–H groups in total. The number of hydrogen-bond donors (Lipinski definition) is 1. The minimum atomic E-state index is -0.120. The van der Waals surface area contributed by atoms with Gasteiger partial charge in [-0.05, 0) is 35.7 Å². The van der Waals surface area contributed by atoms with Gasteiger partial charge in [0.05, 0.1) is 0 Å². The van der Waals surface area contributed by atoms with Crippen LogP contribution >= 0.6 is 0 Å². The van der Waals surface area contributed by atoms with Gasteiger partial charge in [0.25, 0.3) is 0 Å². The van der Waals surface area contributed by atoms with Crippen LogP contribution in [0.3, 0.4) is 0 Å². The largest absolute Gasteiger partial charge is 0.309 e. The summed E-state index contributed by atoms with van der Waals surface area (Å²) in [5, 5.41) is 3.19. The maximum atomic E-state index is 12.8. The first-order valence-corrected chi connectivity index (χ1v) is 3.76. The summed E-state index contributed by atoms with van der Waals surface area (Å²) in [5.74, 6) is -0.120. The second-order valence-corrected chi connectivity index (χ2v) is 2.96. The van der Waals surface area contributed by atoms with E-state index >= 15 is 0 Å². The molecule has 58 valence electrons. The monoisotopic (exact) mass is 151 g/mol. The standard InChI is InChI=1S/C9H10FN/c1-6-2-8(10)3-7-4-11-5-9(6)7/h2-3,11H,4-5H2,1H3. The molecule has 1 nitrogen and oxygen atoms in total. The predicted octanol–water partition coefficient (Wildman–Crippen LogP) is 1.74. The summed E-state index contributed by atoms with van der Waals surface area (Å²) in [6.45, 7) is 3.66. The van der Waals surface area contributed by atoms with E-state index in [4.69, 9.17) is 0 Å². The maximum Gasteiger partial charge on any atom is 0.123 e. The highest BCUT2D eigenvalue weighted by molar-refractivity contribution is 5.37. The summed E-state index contributed by atoms with van der Waals surface area (Å²) < 4.78 is 12.8. The van der Waals surface area contributed by atoms with E-state index in [0.717, 1.165) is 24.2 Å². The molecule has 0 amide bonds. The molecular weight excluding hydrogens is 141 g/mol. The molecule has 1 heterocycles. The third-order valence-corrected chi connectivity index (χ3v) is 2.15. The van der Waals surface area contributed by atoms with Gasteiger partial charge in [-0.25, -0.2) is 4.39 Å². The third kappa shape index (κ3) is 1.03. The van der Waals surface area contributed by atoms with Crippen LogP contribution in [0.15, 0.2) is 12.1 Å². The smallest absolute Gasteiger partial charge is 0.123 e. The fourth-order valence-electron chi connectivity index (χ4n) is 1.58. The van der Waals surface area contributed by atoms with Crippen molar-refractivity contribution in [3.8, 4) is 0 Å². The highest BCUT2D eigenvalue weighted by Gasteiger charge is 2.12. The van der Waals surface area contributed by atoms with E-state index < -0.39 is 0 Å². The molecule has 2 heteroatoms. The first-order chi connectivity index (χ1) is 5.27. The van der Waals surface area contributed by atoms with E-state index in [9.17, 15) is 4.39 Å². The lowest BCUT2D eigenvalue weighted by Crippen LogP contribution is -2.00. The van der Waals surface area contributed by atoms with Gasteiger partial charge in [0.1, 0.15) is 5.82 Å². The van der Waals surface area contributed by atoms with Crippen LogP contribution in [0, 0.1) is 12.7 Å². The first-order valence-electron chi connectivity index (χ1n) is 3.76. The quantitative estimate of drug-likeness (QED) is 0.595. The number of fused-ring (bicyclic) bond motifs is 1. The SMILES string of the molecule is Cc1cc(F)cc2c1CNC2. The minimum absolute atomic E-state index is 0.120. The average molecular weight is 151 g/mol. The Balaban J connectivity index is 2.60. The topological polar surface area (TPSA) is 12.0 Å². The molecule has 0 unspecified atom stereocenters. The lowest BCUT2D eigenvalue weighted by Gasteiger charge is -2.01. The molecule has 1 aromatic carbocycles. The van der Waals surface area contributed by atoms with Gasteiger partial charge in [-0.15, -0.1) is 0 Å². The predicted molar refractivity (Wildman–Crippen MR) is 41.7 cm³/mol. The molecule has 0 saturated heterocycles. The highest BCUT2D eigenvalue weighted by atomic mass is 19.1. The van der Waals surface area contributed by atoms with E-state index in [1.54, 1.807) is 12.1 Å². The summed E-state index contributed by atoms with van der Waals surface area (Å²) in [6.07, 6.45) is 0. The second-order valence-electron chi connectivity index (χ2n) is 2.96. The maximum absolute atomic E-state index is 12.8. The zero-order valence-electron chi connectivity index (χ0n) is 6.45. The molecule has 0 spiro atoms. The fourth-order valence-corrected chi connectivity index (χ4v) is 1.58. The Morgan fingerprint density at radius 3 is 3.00 bits per heavy atom. The molecule has 1 aromatic rings. The van der Waals surface area contributed by atoms with Crippen molar-refractivity contribution in [1.29, 1.82) is 0 Å². The van der Waals surface area contributed by atoms with Crippen LogP contribution in [0.25, 0.3) is 0 Å². The minimum Gasteiger partial charge on any atom is -0.309 e. The van der Waals surface area contributed by atoms with Crippen LogP contribution in [-0.4, -0.2) is 0 Å². The molecule has 0 aromatic heterocycles. The Bertz CT molecular complexity index is 294. The highest BCUT2D eigenvalue weighted by Crippen LogP contribution is 2.20. The van der Waals surface area contributed by atoms with Crippen LogP contribution in [0.5, 0.6) is 0 Å². The Morgan fingerprint density at radius 1 is 1.36 bits per heavy atom. The lowest BCUT2D eigenvalue weighted by atomic mass is 10.0. The Morgan fingerprint density at radius 2 is 2.18 bits per heavy atom. The van der Waals surface area contributed by atoms with Crippen LogP contribution in [0.2, 0.25) is 0 Å². The molecule has 0 aliphatic carbocycles. The molecule has 0 saturated carbocycles. The van der Waals surface area contributed by atoms with Crippen molar-refractivity contribution in [2.75, 3.05) is 0 Å². The number of hydrogen-bond acceptors (Lipinski definition) is 1. The summed E-state index contributed by atoms with van der Waals surface area (Å²) in [4.78, 5) is 0. The van der Waals surface area contributed by atoms with Crippen molar-refractivity contribution in [3.05, 3.63) is 34.6 Å². The van der Waals surface area contributed by atoms with Crippen molar-refractivity contribution >= 4 is 0 Å². The molecule has 2 rings (SSSR count). The molecule has 1 aliphatic heterocycles. The van der Waals surface area contributed by atoms with Gasteiger partial charge in [0.15, 0.2) is 0 Å². The van der Waals surface area contributed by atoms with E-state index in [1.165, 1.54) is 5.56 Å². The summed E-state index contributed by atoms with van der Waals surface area (Å²) in [6, 6.07) is 3.20. The van der Waals surface area contributed by atoms with E-state index in [1.807, 2.05) is 6.92 Å². The van der Waals surface area contributed by atoms with Crippen LogP contribution in [0.4, 0.5) is 4.39 Å². The molecular formula is C9H10FN.